The second-order valence-electron chi connectivity index (χ2n) is 6.75. The molecule has 6 heteroatoms. The molecule has 0 bridgehead atoms. The number of allylic oxidation sites excluding steroid dienone is 2. The molecule has 0 radical (unpaired) electrons. The monoisotopic (exact) mass is 348 g/mol. The maximum absolute atomic E-state index is 13.3. The molecular weight excluding hydrogens is 322 g/mol. The lowest BCUT2D eigenvalue weighted by atomic mass is 9.80. The Morgan fingerprint density at radius 1 is 1.28 bits per heavy atom. The Bertz CT molecular complexity index is 638. The average molecular weight is 348 g/mol. The lowest BCUT2D eigenvalue weighted by Crippen LogP contribution is -2.46. The minimum atomic E-state index is -2.59. The van der Waals surface area contributed by atoms with Gasteiger partial charge in [-0.1, -0.05) is 24.3 Å². The van der Waals surface area contributed by atoms with Crippen molar-refractivity contribution in [3.63, 3.8) is 0 Å². The second-order valence-corrected chi connectivity index (χ2v) is 6.75. The van der Waals surface area contributed by atoms with Crippen molar-refractivity contribution >= 4 is 11.4 Å². The maximum Gasteiger partial charge on any atom is 0.257 e. The van der Waals surface area contributed by atoms with E-state index < -0.39 is 12.5 Å². The molecule has 1 aliphatic heterocycles. The third-order valence-electron chi connectivity index (χ3n) is 4.94. The first kappa shape index (κ1) is 17.7. The number of nitrogens with one attached hydrogen (secondary N) is 3. The van der Waals surface area contributed by atoms with Crippen molar-refractivity contribution in [2.45, 2.75) is 44.3 Å². The smallest absolute Gasteiger partial charge is 0.257 e. The average Bonchev–Trinajstić information content (AvgIpc) is 2.58. The van der Waals surface area contributed by atoms with Gasteiger partial charge in [0.05, 0.1) is 23.5 Å². The van der Waals surface area contributed by atoms with E-state index in [-0.39, 0.29) is 6.04 Å². The molecule has 1 saturated carbocycles. The van der Waals surface area contributed by atoms with E-state index in [1.54, 1.807) is 6.20 Å². The highest BCUT2D eigenvalue weighted by molar-refractivity contribution is 5.72. The Kier molecular flexibility index (Phi) is 5.58. The van der Waals surface area contributed by atoms with Crippen molar-refractivity contribution in [1.29, 1.82) is 0 Å². The first-order chi connectivity index (χ1) is 12.1. The summed E-state index contributed by atoms with van der Waals surface area (Å²) >= 11 is 0. The lowest BCUT2D eigenvalue weighted by Gasteiger charge is -2.36. The Morgan fingerprint density at radius 2 is 2.00 bits per heavy atom. The molecule has 1 fully saturated rings. The first-order valence-electron chi connectivity index (χ1n) is 8.80. The minimum Gasteiger partial charge on any atom is -0.388 e. The van der Waals surface area contributed by atoms with E-state index in [0.29, 0.717) is 24.1 Å². The Hall–Kier alpha value is -2.08. The summed E-state index contributed by atoms with van der Waals surface area (Å²) in [7, 11) is 0. The summed E-state index contributed by atoms with van der Waals surface area (Å²) in [5.74, 6) is 0.587. The zero-order valence-electron chi connectivity index (χ0n) is 14.4. The molecule has 2 unspecified atom stereocenters. The van der Waals surface area contributed by atoms with Gasteiger partial charge in [0.15, 0.2) is 0 Å². The van der Waals surface area contributed by atoms with Crippen LogP contribution < -0.4 is 21.7 Å². The van der Waals surface area contributed by atoms with Crippen LogP contribution in [0.2, 0.25) is 0 Å². The van der Waals surface area contributed by atoms with Gasteiger partial charge < -0.3 is 21.7 Å². The quantitative estimate of drug-likeness (QED) is 0.596. The van der Waals surface area contributed by atoms with E-state index in [0.717, 1.165) is 24.2 Å². The van der Waals surface area contributed by atoms with Crippen molar-refractivity contribution in [1.82, 2.24) is 5.32 Å². The number of rotatable bonds is 6. The van der Waals surface area contributed by atoms with Crippen molar-refractivity contribution < 1.29 is 8.78 Å². The summed E-state index contributed by atoms with van der Waals surface area (Å²) in [5.41, 5.74) is 8.18. The summed E-state index contributed by atoms with van der Waals surface area (Å²) in [6, 6.07) is 6.52. The van der Waals surface area contributed by atoms with Gasteiger partial charge in [0.1, 0.15) is 0 Å². The predicted octanol–water partition coefficient (Wildman–Crippen LogP) is 3.31. The van der Waals surface area contributed by atoms with Gasteiger partial charge in [-0.3, -0.25) is 0 Å². The van der Waals surface area contributed by atoms with E-state index in [2.05, 4.69) is 28.1 Å². The van der Waals surface area contributed by atoms with Crippen LogP contribution in [0.15, 0.2) is 48.2 Å². The summed E-state index contributed by atoms with van der Waals surface area (Å²) in [6.45, 7) is 2.54. The maximum atomic E-state index is 13.3. The van der Waals surface area contributed by atoms with Crippen molar-refractivity contribution in [2.24, 2.45) is 11.7 Å². The number of halogens is 2. The zero-order valence-corrected chi connectivity index (χ0v) is 14.4. The molecule has 1 aromatic rings. The summed E-state index contributed by atoms with van der Waals surface area (Å²) < 4.78 is 26.5. The molecule has 0 spiro atoms. The van der Waals surface area contributed by atoms with Crippen LogP contribution in [0.5, 0.6) is 0 Å². The molecule has 1 heterocycles. The van der Waals surface area contributed by atoms with Gasteiger partial charge in [-0.2, -0.15) is 0 Å². The number of hydrogen-bond donors (Lipinski definition) is 4. The summed E-state index contributed by atoms with van der Waals surface area (Å²) in [4.78, 5) is 0. The van der Waals surface area contributed by atoms with Crippen LogP contribution in [0.25, 0.3) is 0 Å². The molecule has 0 saturated heterocycles. The number of benzene rings is 1. The minimum absolute atomic E-state index is 0.266. The van der Waals surface area contributed by atoms with Crippen LogP contribution in [-0.2, 0) is 0 Å². The molecule has 4 nitrogen and oxygen atoms in total. The van der Waals surface area contributed by atoms with Gasteiger partial charge in [-0.15, -0.1) is 0 Å². The summed E-state index contributed by atoms with van der Waals surface area (Å²) in [6.07, 6.45) is 5.42. The van der Waals surface area contributed by atoms with Gasteiger partial charge in [0, 0.05) is 12.6 Å². The van der Waals surface area contributed by atoms with Crippen molar-refractivity contribution in [3.05, 3.63) is 48.2 Å². The molecule has 2 aliphatic rings. The normalized spacial score (nSPS) is 27.2. The van der Waals surface area contributed by atoms with Gasteiger partial charge in [-0.25, -0.2) is 8.78 Å². The fourth-order valence-corrected chi connectivity index (χ4v) is 3.43. The van der Waals surface area contributed by atoms with E-state index in [1.807, 2.05) is 31.2 Å². The number of para-hydroxylation sites is 2. The molecule has 5 N–H and O–H groups in total. The third kappa shape index (κ3) is 4.12. The van der Waals surface area contributed by atoms with Gasteiger partial charge in [0.2, 0.25) is 0 Å². The van der Waals surface area contributed by atoms with Crippen LogP contribution >= 0.6 is 0 Å². The predicted molar refractivity (Wildman–Crippen MR) is 98.9 cm³/mol. The third-order valence-corrected chi connectivity index (χ3v) is 4.94. The molecule has 1 aromatic carbocycles. The molecular formula is C19H26F2N4. The van der Waals surface area contributed by atoms with Crippen molar-refractivity contribution in [2.75, 3.05) is 17.2 Å². The van der Waals surface area contributed by atoms with E-state index >= 15 is 0 Å². The van der Waals surface area contributed by atoms with Gasteiger partial charge in [0.25, 0.3) is 6.43 Å². The van der Waals surface area contributed by atoms with Crippen LogP contribution in [-0.4, -0.2) is 31.1 Å². The fraction of sp³-hybridized carbons (Fsp3) is 0.474. The van der Waals surface area contributed by atoms with Crippen molar-refractivity contribution in [3.8, 4) is 0 Å². The van der Waals surface area contributed by atoms with Crippen LogP contribution in [0, 0.1) is 5.92 Å². The second kappa shape index (κ2) is 7.87. The Morgan fingerprint density at radius 3 is 2.68 bits per heavy atom. The number of nitrogens with two attached hydrogens (primary N) is 1. The molecule has 0 amide bonds. The molecule has 1 aliphatic carbocycles. The topological polar surface area (TPSA) is 62.1 Å². The van der Waals surface area contributed by atoms with Gasteiger partial charge >= 0.3 is 0 Å². The molecule has 0 aromatic heterocycles. The highest BCUT2D eigenvalue weighted by Gasteiger charge is 2.31. The lowest BCUT2D eigenvalue weighted by molar-refractivity contribution is 0.127. The first-order valence-corrected chi connectivity index (χ1v) is 8.80. The highest BCUT2D eigenvalue weighted by atomic mass is 19.3. The highest BCUT2D eigenvalue weighted by Crippen LogP contribution is 2.30. The SMILES string of the molecule is C/C=C/C1CC(N/C=C(/C2CNc3ccccc3N2)C(N)C(F)F)C1. The van der Waals surface area contributed by atoms with Crippen LogP contribution in [0.1, 0.15) is 19.8 Å². The fourth-order valence-electron chi connectivity index (χ4n) is 3.43. The van der Waals surface area contributed by atoms with Crippen LogP contribution in [0.3, 0.4) is 0 Å². The number of fused-ring (bicyclic) bond motifs is 1. The van der Waals surface area contributed by atoms with E-state index in [4.69, 9.17) is 5.73 Å². The number of anilines is 2. The largest absolute Gasteiger partial charge is 0.388 e. The van der Waals surface area contributed by atoms with E-state index in [9.17, 15) is 8.78 Å². The Labute approximate surface area is 147 Å². The molecule has 3 rings (SSSR count). The Balaban J connectivity index is 1.69. The van der Waals surface area contributed by atoms with Crippen LogP contribution in [0.4, 0.5) is 20.2 Å². The summed E-state index contributed by atoms with van der Waals surface area (Å²) in [5, 5.41) is 9.90. The molecule has 2 atom stereocenters. The molecule has 136 valence electrons. The van der Waals surface area contributed by atoms with Gasteiger partial charge in [-0.05, 0) is 49.6 Å². The zero-order chi connectivity index (χ0) is 17.8. The standard InChI is InChI=1S/C19H26F2N4/c1-2-5-12-8-13(9-12)23-10-14(18(22)19(20)21)17-11-24-15-6-3-4-7-16(15)25-17/h2-7,10,12-13,17-19,23-25H,8-9,11,22H2,1H3/b5-2+,14-10-. The molecule has 25 heavy (non-hydrogen) atoms. The number of alkyl halides is 2. The number of hydrogen-bond acceptors (Lipinski definition) is 4. The van der Waals surface area contributed by atoms with E-state index in [1.165, 1.54) is 0 Å².